The molecule has 1 N–H and O–H groups in total. The van der Waals surface area contributed by atoms with Gasteiger partial charge in [-0.15, -0.1) is 0 Å². The summed E-state index contributed by atoms with van der Waals surface area (Å²) < 4.78 is 0. The van der Waals surface area contributed by atoms with Crippen molar-refractivity contribution in [2.75, 3.05) is 20.2 Å². The van der Waals surface area contributed by atoms with Gasteiger partial charge in [0.05, 0.1) is 0 Å². The van der Waals surface area contributed by atoms with Gasteiger partial charge < -0.3 is 5.11 Å². The lowest BCUT2D eigenvalue weighted by atomic mass is 9.95. The molecule has 1 saturated heterocycles. The molecule has 2 nitrogen and oxygen atoms in total. The lowest BCUT2D eigenvalue weighted by Crippen LogP contribution is -2.22. The molecule has 1 fully saturated rings. The molecule has 2 heteroatoms. The number of aliphatic hydroxyl groups excluding tert-OH is 1. The highest BCUT2D eigenvalue weighted by molar-refractivity contribution is 5.20. The fourth-order valence-corrected chi connectivity index (χ4v) is 2.39. The normalized spacial score (nSPS) is 28.1. The molecule has 1 aliphatic heterocycles. The number of hydrogen-bond donors (Lipinski definition) is 1. The summed E-state index contributed by atoms with van der Waals surface area (Å²) in [6.45, 7) is 1.38. The average Bonchev–Trinajstić information content (AvgIpc) is 2.61. The van der Waals surface area contributed by atoms with Gasteiger partial charge >= 0.3 is 0 Å². The summed E-state index contributed by atoms with van der Waals surface area (Å²) in [4.78, 5) is 2.33. The van der Waals surface area contributed by atoms with Crippen LogP contribution < -0.4 is 0 Å². The quantitative estimate of drug-likeness (QED) is 0.768. The number of benzene rings is 1. The Morgan fingerprint density at radius 3 is 2.71 bits per heavy atom. The monoisotopic (exact) mass is 191 g/mol. The van der Waals surface area contributed by atoms with Crippen molar-refractivity contribution >= 4 is 0 Å². The third kappa shape index (κ3) is 1.68. The first kappa shape index (κ1) is 9.69. The van der Waals surface area contributed by atoms with Gasteiger partial charge in [0.25, 0.3) is 0 Å². The van der Waals surface area contributed by atoms with Gasteiger partial charge in [0.15, 0.2) is 0 Å². The summed E-state index contributed by atoms with van der Waals surface area (Å²) in [7, 11) is 2.13. The molecule has 2 atom stereocenters. The van der Waals surface area contributed by atoms with Crippen molar-refractivity contribution < 1.29 is 5.11 Å². The van der Waals surface area contributed by atoms with E-state index in [1.807, 2.05) is 6.07 Å². The number of nitrogens with zero attached hydrogens (tertiary/aromatic N) is 1. The Labute approximate surface area is 85.2 Å². The van der Waals surface area contributed by atoms with Crippen molar-refractivity contribution in [2.24, 2.45) is 5.92 Å². The van der Waals surface area contributed by atoms with Crippen molar-refractivity contribution in [1.29, 1.82) is 0 Å². The minimum absolute atomic E-state index is 0.296. The maximum absolute atomic E-state index is 9.29. The number of hydrogen-bond acceptors (Lipinski definition) is 2. The Kier molecular flexibility index (Phi) is 2.85. The molecule has 0 amide bonds. The number of rotatable bonds is 2. The molecular weight excluding hydrogens is 174 g/mol. The SMILES string of the molecule is CN1CCC(CO)C1c1ccccc1. The Balaban J connectivity index is 2.23. The first-order chi connectivity index (χ1) is 6.83. The second-order valence-electron chi connectivity index (χ2n) is 4.07. The van der Waals surface area contributed by atoms with E-state index in [2.05, 4.69) is 36.2 Å². The maximum atomic E-state index is 9.29. The van der Waals surface area contributed by atoms with E-state index in [9.17, 15) is 5.11 Å². The zero-order chi connectivity index (χ0) is 9.97. The largest absolute Gasteiger partial charge is 0.396 e. The summed E-state index contributed by atoms with van der Waals surface area (Å²) >= 11 is 0. The molecule has 1 aromatic carbocycles. The molecule has 0 radical (unpaired) electrons. The molecule has 0 spiro atoms. The van der Waals surface area contributed by atoms with Crippen LogP contribution in [-0.2, 0) is 0 Å². The fourth-order valence-electron chi connectivity index (χ4n) is 2.39. The van der Waals surface area contributed by atoms with Crippen LogP contribution in [-0.4, -0.2) is 30.2 Å². The first-order valence-corrected chi connectivity index (χ1v) is 5.19. The summed E-state index contributed by atoms with van der Waals surface area (Å²) in [6.07, 6.45) is 1.10. The summed E-state index contributed by atoms with van der Waals surface area (Å²) in [5.74, 6) is 0.405. The van der Waals surface area contributed by atoms with E-state index in [4.69, 9.17) is 0 Å². The molecule has 2 unspecified atom stereocenters. The fraction of sp³-hybridized carbons (Fsp3) is 0.500. The molecule has 1 aromatic rings. The van der Waals surface area contributed by atoms with Crippen LogP contribution in [0.5, 0.6) is 0 Å². The third-order valence-corrected chi connectivity index (χ3v) is 3.15. The van der Waals surface area contributed by atoms with E-state index in [1.54, 1.807) is 0 Å². The Morgan fingerprint density at radius 2 is 2.07 bits per heavy atom. The standard InChI is InChI=1S/C12H17NO/c1-13-8-7-11(9-14)12(13)10-5-3-2-4-6-10/h2-6,11-12,14H,7-9H2,1H3. The highest BCUT2D eigenvalue weighted by Gasteiger charge is 2.31. The molecule has 0 saturated carbocycles. The van der Waals surface area contributed by atoms with Gasteiger partial charge in [-0.3, -0.25) is 4.90 Å². The Bertz CT molecular complexity index is 286. The van der Waals surface area contributed by atoms with Crippen molar-refractivity contribution in [1.82, 2.24) is 4.90 Å². The summed E-state index contributed by atoms with van der Waals surface area (Å²) in [6, 6.07) is 10.9. The number of aliphatic hydroxyl groups is 1. The summed E-state index contributed by atoms with van der Waals surface area (Å²) in [5.41, 5.74) is 1.33. The van der Waals surface area contributed by atoms with Gasteiger partial charge in [0.1, 0.15) is 0 Å². The predicted molar refractivity (Wildman–Crippen MR) is 57.0 cm³/mol. The molecule has 0 aromatic heterocycles. The van der Waals surface area contributed by atoms with Crippen LogP contribution in [0.4, 0.5) is 0 Å². The van der Waals surface area contributed by atoms with E-state index in [-0.39, 0.29) is 0 Å². The zero-order valence-electron chi connectivity index (χ0n) is 8.56. The lowest BCUT2D eigenvalue weighted by molar-refractivity contribution is 0.182. The molecule has 14 heavy (non-hydrogen) atoms. The maximum Gasteiger partial charge on any atom is 0.0478 e. The zero-order valence-corrected chi connectivity index (χ0v) is 8.56. The highest BCUT2D eigenvalue weighted by Crippen LogP contribution is 2.35. The van der Waals surface area contributed by atoms with E-state index in [0.717, 1.165) is 13.0 Å². The Morgan fingerprint density at radius 1 is 1.36 bits per heavy atom. The van der Waals surface area contributed by atoms with Crippen molar-refractivity contribution in [2.45, 2.75) is 12.5 Å². The topological polar surface area (TPSA) is 23.5 Å². The van der Waals surface area contributed by atoms with Crippen LogP contribution in [0.25, 0.3) is 0 Å². The van der Waals surface area contributed by atoms with Crippen LogP contribution >= 0.6 is 0 Å². The van der Waals surface area contributed by atoms with Gasteiger partial charge in [-0.05, 0) is 25.6 Å². The van der Waals surface area contributed by atoms with Gasteiger partial charge in [-0.1, -0.05) is 30.3 Å². The number of likely N-dealkylation sites (tertiary alicyclic amines) is 1. The van der Waals surface area contributed by atoms with Crippen molar-refractivity contribution in [3.63, 3.8) is 0 Å². The Hall–Kier alpha value is -0.860. The molecule has 0 aliphatic carbocycles. The van der Waals surface area contributed by atoms with Gasteiger partial charge in [0.2, 0.25) is 0 Å². The minimum atomic E-state index is 0.296. The second-order valence-corrected chi connectivity index (χ2v) is 4.07. The molecule has 0 bridgehead atoms. The van der Waals surface area contributed by atoms with Crippen LogP contribution in [0, 0.1) is 5.92 Å². The van der Waals surface area contributed by atoms with Crippen LogP contribution in [0.15, 0.2) is 30.3 Å². The smallest absolute Gasteiger partial charge is 0.0478 e. The molecule has 76 valence electrons. The van der Waals surface area contributed by atoms with Gasteiger partial charge in [0, 0.05) is 18.6 Å². The molecular formula is C12H17NO. The van der Waals surface area contributed by atoms with E-state index in [0.29, 0.717) is 18.6 Å². The van der Waals surface area contributed by atoms with Crippen molar-refractivity contribution in [3.8, 4) is 0 Å². The molecule has 2 rings (SSSR count). The van der Waals surface area contributed by atoms with E-state index < -0.39 is 0 Å². The second kappa shape index (κ2) is 4.11. The molecule has 1 aliphatic rings. The average molecular weight is 191 g/mol. The van der Waals surface area contributed by atoms with Crippen LogP contribution in [0.2, 0.25) is 0 Å². The lowest BCUT2D eigenvalue weighted by Gasteiger charge is -2.24. The van der Waals surface area contributed by atoms with E-state index in [1.165, 1.54) is 5.56 Å². The highest BCUT2D eigenvalue weighted by atomic mass is 16.3. The summed E-state index contributed by atoms with van der Waals surface area (Å²) in [5, 5.41) is 9.29. The predicted octanol–water partition coefficient (Wildman–Crippen LogP) is 1.67. The van der Waals surface area contributed by atoms with E-state index >= 15 is 0 Å². The molecule has 1 heterocycles. The van der Waals surface area contributed by atoms with Crippen LogP contribution in [0.3, 0.4) is 0 Å². The first-order valence-electron chi connectivity index (χ1n) is 5.19. The van der Waals surface area contributed by atoms with Crippen molar-refractivity contribution in [3.05, 3.63) is 35.9 Å². The van der Waals surface area contributed by atoms with Crippen LogP contribution in [0.1, 0.15) is 18.0 Å². The van der Waals surface area contributed by atoms with Gasteiger partial charge in [-0.2, -0.15) is 0 Å². The minimum Gasteiger partial charge on any atom is -0.396 e. The van der Waals surface area contributed by atoms with Gasteiger partial charge in [-0.25, -0.2) is 0 Å². The third-order valence-electron chi connectivity index (χ3n) is 3.15.